The maximum Gasteiger partial charge on any atom is 0.320 e. The van der Waals surface area contributed by atoms with Crippen LogP contribution < -0.4 is 10.5 Å². The first-order chi connectivity index (χ1) is 7.99. The molecule has 5 heteroatoms. The van der Waals surface area contributed by atoms with Gasteiger partial charge in [0.15, 0.2) is 0 Å². The molecule has 0 fully saturated rings. The van der Waals surface area contributed by atoms with Gasteiger partial charge in [-0.3, -0.25) is 4.79 Å². The predicted molar refractivity (Wildman–Crippen MR) is 68.8 cm³/mol. The first-order valence-electron chi connectivity index (χ1n) is 5.19. The van der Waals surface area contributed by atoms with E-state index in [4.69, 9.17) is 15.6 Å². The number of aryl methyl sites for hydroxylation is 1. The van der Waals surface area contributed by atoms with Crippen LogP contribution in [0.1, 0.15) is 11.1 Å². The van der Waals surface area contributed by atoms with Gasteiger partial charge in [0.1, 0.15) is 11.8 Å². The Bertz CT molecular complexity index is 420. The molecular weight excluding hydrogens is 238 g/mol. The number of hydrogen-bond acceptors (Lipinski definition) is 4. The molecule has 0 amide bonds. The highest BCUT2D eigenvalue weighted by molar-refractivity contribution is 7.98. The molecule has 94 valence electrons. The fraction of sp³-hybridized carbons (Fsp3) is 0.417. The third-order valence-corrected chi connectivity index (χ3v) is 3.37. The molecule has 0 aliphatic carbocycles. The average molecular weight is 255 g/mol. The summed E-state index contributed by atoms with van der Waals surface area (Å²) >= 11 is 1.58. The Morgan fingerprint density at radius 2 is 2.24 bits per heavy atom. The van der Waals surface area contributed by atoms with Crippen LogP contribution in [0.2, 0.25) is 0 Å². The van der Waals surface area contributed by atoms with Crippen LogP contribution in [0.15, 0.2) is 17.0 Å². The van der Waals surface area contributed by atoms with E-state index in [1.807, 2.05) is 25.3 Å². The van der Waals surface area contributed by atoms with Crippen LogP contribution in [0, 0.1) is 6.92 Å². The molecule has 0 spiro atoms. The highest BCUT2D eigenvalue weighted by Crippen LogP contribution is 2.29. The fourth-order valence-corrected chi connectivity index (χ4v) is 2.30. The molecule has 0 bridgehead atoms. The summed E-state index contributed by atoms with van der Waals surface area (Å²) in [6.45, 7) is 1.96. The van der Waals surface area contributed by atoms with E-state index >= 15 is 0 Å². The van der Waals surface area contributed by atoms with E-state index in [-0.39, 0.29) is 0 Å². The van der Waals surface area contributed by atoms with Crippen LogP contribution in [0.25, 0.3) is 0 Å². The quantitative estimate of drug-likeness (QED) is 0.783. The van der Waals surface area contributed by atoms with Crippen molar-refractivity contribution in [2.75, 3.05) is 13.4 Å². The van der Waals surface area contributed by atoms with Crippen molar-refractivity contribution >= 4 is 17.7 Å². The van der Waals surface area contributed by atoms with E-state index in [0.29, 0.717) is 6.42 Å². The lowest BCUT2D eigenvalue weighted by molar-refractivity contribution is -0.138. The number of benzene rings is 1. The van der Waals surface area contributed by atoms with Crippen LogP contribution in [-0.2, 0) is 11.2 Å². The Balaban J connectivity index is 3.08. The second kappa shape index (κ2) is 5.93. The zero-order valence-electron chi connectivity index (χ0n) is 10.2. The zero-order chi connectivity index (χ0) is 13.0. The van der Waals surface area contributed by atoms with Gasteiger partial charge in [-0.15, -0.1) is 11.8 Å². The van der Waals surface area contributed by atoms with E-state index < -0.39 is 12.0 Å². The third-order valence-electron chi connectivity index (χ3n) is 2.55. The molecule has 0 radical (unpaired) electrons. The molecule has 3 N–H and O–H groups in total. The SMILES string of the molecule is COc1cc(CC(N)C(=O)O)c(SC)cc1C. The largest absolute Gasteiger partial charge is 0.496 e. The molecule has 0 saturated heterocycles. The van der Waals surface area contributed by atoms with Crippen LogP contribution in [-0.4, -0.2) is 30.5 Å². The topological polar surface area (TPSA) is 72.5 Å². The summed E-state index contributed by atoms with van der Waals surface area (Å²) in [5.74, 6) is -0.230. The van der Waals surface area contributed by atoms with Crippen LogP contribution in [0.3, 0.4) is 0 Å². The molecule has 0 aliphatic heterocycles. The lowest BCUT2D eigenvalue weighted by atomic mass is 10.0. The Morgan fingerprint density at radius 1 is 1.59 bits per heavy atom. The minimum atomic E-state index is -0.989. The van der Waals surface area contributed by atoms with E-state index in [9.17, 15) is 4.79 Å². The fourth-order valence-electron chi connectivity index (χ4n) is 1.60. The second-order valence-electron chi connectivity index (χ2n) is 3.78. The maximum atomic E-state index is 10.8. The monoisotopic (exact) mass is 255 g/mol. The van der Waals surface area contributed by atoms with Crippen molar-refractivity contribution in [3.63, 3.8) is 0 Å². The summed E-state index contributed by atoms with van der Waals surface area (Å²) in [6, 6.07) is 2.98. The van der Waals surface area contributed by atoms with Gasteiger partial charge in [0.25, 0.3) is 0 Å². The zero-order valence-corrected chi connectivity index (χ0v) is 11.0. The van der Waals surface area contributed by atoms with Gasteiger partial charge in [-0.25, -0.2) is 0 Å². The van der Waals surface area contributed by atoms with E-state index in [0.717, 1.165) is 21.8 Å². The number of rotatable bonds is 5. The van der Waals surface area contributed by atoms with Crippen molar-refractivity contribution in [2.45, 2.75) is 24.3 Å². The Hall–Kier alpha value is -1.20. The number of carbonyl (C=O) groups is 1. The van der Waals surface area contributed by atoms with Gasteiger partial charge >= 0.3 is 5.97 Å². The van der Waals surface area contributed by atoms with Crippen molar-refractivity contribution in [3.8, 4) is 5.75 Å². The maximum absolute atomic E-state index is 10.8. The summed E-state index contributed by atoms with van der Waals surface area (Å²) in [5, 5.41) is 8.82. The van der Waals surface area contributed by atoms with E-state index in [1.54, 1.807) is 18.9 Å². The normalized spacial score (nSPS) is 12.2. The number of nitrogens with two attached hydrogens (primary N) is 1. The Kier molecular flexibility index (Phi) is 4.84. The van der Waals surface area contributed by atoms with Crippen LogP contribution in [0.4, 0.5) is 0 Å². The first kappa shape index (κ1) is 13.9. The molecule has 1 atom stereocenters. The third kappa shape index (κ3) is 3.38. The molecule has 0 saturated carbocycles. The summed E-state index contributed by atoms with van der Waals surface area (Å²) in [4.78, 5) is 11.8. The number of aliphatic carboxylic acids is 1. The highest BCUT2D eigenvalue weighted by atomic mass is 32.2. The standard InChI is InChI=1S/C12H17NO3S/c1-7-4-11(17-3)8(6-10(7)16-2)5-9(13)12(14)15/h4,6,9H,5,13H2,1-3H3,(H,14,15). The minimum Gasteiger partial charge on any atom is -0.496 e. The molecule has 1 unspecified atom stereocenters. The molecule has 0 aromatic heterocycles. The summed E-state index contributed by atoms with van der Waals surface area (Å²) in [5.41, 5.74) is 7.50. The lowest BCUT2D eigenvalue weighted by Crippen LogP contribution is -2.32. The second-order valence-corrected chi connectivity index (χ2v) is 4.63. The molecule has 1 aromatic carbocycles. The van der Waals surface area contributed by atoms with Crippen molar-refractivity contribution < 1.29 is 14.6 Å². The van der Waals surface area contributed by atoms with Crippen molar-refractivity contribution in [3.05, 3.63) is 23.3 Å². The van der Waals surface area contributed by atoms with Gasteiger partial charge < -0.3 is 15.6 Å². The molecule has 4 nitrogen and oxygen atoms in total. The number of methoxy groups -OCH3 is 1. The molecule has 1 rings (SSSR count). The Morgan fingerprint density at radius 3 is 2.71 bits per heavy atom. The molecule has 1 aromatic rings. The van der Waals surface area contributed by atoms with Crippen molar-refractivity contribution in [1.29, 1.82) is 0 Å². The number of ether oxygens (including phenoxy) is 1. The molecule has 0 aliphatic rings. The van der Waals surface area contributed by atoms with E-state index in [1.165, 1.54) is 0 Å². The van der Waals surface area contributed by atoms with Crippen molar-refractivity contribution in [2.24, 2.45) is 5.73 Å². The van der Waals surface area contributed by atoms with Gasteiger partial charge in [0.2, 0.25) is 0 Å². The average Bonchev–Trinajstić information content (AvgIpc) is 2.30. The molecule has 17 heavy (non-hydrogen) atoms. The number of hydrogen-bond donors (Lipinski definition) is 2. The minimum absolute atomic E-state index is 0.308. The van der Waals surface area contributed by atoms with Gasteiger partial charge in [-0.05, 0) is 42.9 Å². The number of thioether (sulfide) groups is 1. The lowest BCUT2D eigenvalue weighted by Gasteiger charge is -2.14. The van der Waals surface area contributed by atoms with Crippen LogP contribution in [0.5, 0.6) is 5.75 Å². The van der Waals surface area contributed by atoms with E-state index in [2.05, 4.69) is 0 Å². The Labute approximate surface area is 105 Å². The van der Waals surface area contributed by atoms with Gasteiger partial charge in [-0.1, -0.05) is 0 Å². The number of carboxylic acid groups (broad SMARTS) is 1. The highest BCUT2D eigenvalue weighted by Gasteiger charge is 2.16. The van der Waals surface area contributed by atoms with Gasteiger partial charge in [0, 0.05) is 4.90 Å². The predicted octanol–water partition coefficient (Wildman–Crippen LogP) is 1.68. The first-order valence-corrected chi connectivity index (χ1v) is 6.42. The van der Waals surface area contributed by atoms with Gasteiger partial charge in [-0.2, -0.15) is 0 Å². The van der Waals surface area contributed by atoms with Crippen molar-refractivity contribution in [1.82, 2.24) is 0 Å². The smallest absolute Gasteiger partial charge is 0.320 e. The van der Waals surface area contributed by atoms with Crippen LogP contribution >= 0.6 is 11.8 Å². The van der Waals surface area contributed by atoms with Gasteiger partial charge in [0.05, 0.1) is 7.11 Å². The summed E-state index contributed by atoms with van der Waals surface area (Å²) < 4.78 is 5.23. The molecular formula is C12H17NO3S. The summed E-state index contributed by atoms with van der Waals surface area (Å²) in [6.07, 6.45) is 2.26. The number of carboxylic acids is 1. The summed E-state index contributed by atoms with van der Waals surface area (Å²) in [7, 11) is 1.60. The molecule has 0 heterocycles.